The number of nitrogens with zero attached hydrogens (tertiary/aromatic N) is 1. The van der Waals surface area contributed by atoms with Crippen LogP contribution in [0.1, 0.15) is 29.8 Å². The summed E-state index contributed by atoms with van der Waals surface area (Å²) in [5.74, 6) is -0.857. The number of esters is 1. The van der Waals surface area contributed by atoms with E-state index in [9.17, 15) is 14.4 Å². The summed E-state index contributed by atoms with van der Waals surface area (Å²) in [6.45, 7) is 4.06. The molecule has 7 heteroatoms. The molecule has 0 fully saturated rings. The van der Waals surface area contributed by atoms with E-state index in [-0.39, 0.29) is 30.7 Å². The van der Waals surface area contributed by atoms with Gasteiger partial charge in [0.1, 0.15) is 11.8 Å². The fraction of sp³-hybridized carbons (Fsp3) is 0.292. The molecule has 0 bridgehead atoms. The van der Waals surface area contributed by atoms with Gasteiger partial charge in [0.05, 0.1) is 37.1 Å². The molecule has 2 aromatic carbocycles. The Balaban J connectivity index is 1.97. The number of rotatable bonds is 8. The van der Waals surface area contributed by atoms with Crippen LogP contribution in [-0.4, -0.2) is 43.6 Å². The van der Waals surface area contributed by atoms with Crippen molar-refractivity contribution in [3.8, 4) is 0 Å². The quantitative estimate of drug-likeness (QED) is 0.402. The van der Waals surface area contributed by atoms with Crippen molar-refractivity contribution < 1.29 is 23.9 Å². The molecular formula is C24H26N2O5. The smallest absolute Gasteiger partial charge is 0.334 e. The number of fused-ring (bicyclic) bond motifs is 1. The molecule has 0 radical (unpaired) electrons. The van der Waals surface area contributed by atoms with Crippen LogP contribution >= 0.6 is 0 Å². The number of nitrogens with one attached hydrogen (secondary N) is 1. The maximum absolute atomic E-state index is 13.5. The first-order valence-electron chi connectivity index (χ1n) is 10.3. The fourth-order valence-electron chi connectivity index (χ4n) is 3.45. The van der Waals surface area contributed by atoms with Crippen molar-refractivity contribution in [1.29, 1.82) is 0 Å². The van der Waals surface area contributed by atoms with E-state index >= 15 is 0 Å². The van der Waals surface area contributed by atoms with Crippen LogP contribution in [0.5, 0.6) is 0 Å². The molecule has 1 aliphatic rings. The van der Waals surface area contributed by atoms with E-state index in [0.29, 0.717) is 24.3 Å². The predicted octanol–water partition coefficient (Wildman–Crippen LogP) is 2.86. The zero-order valence-corrected chi connectivity index (χ0v) is 17.7. The molecule has 1 aliphatic heterocycles. The molecule has 0 saturated heterocycles. The van der Waals surface area contributed by atoms with E-state index in [2.05, 4.69) is 5.32 Å². The van der Waals surface area contributed by atoms with Crippen LogP contribution in [0.25, 0.3) is 0 Å². The summed E-state index contributed by atoms with van der Waals surface area (Å²) in [5.41, 5.74) is 1.78. The van der Waals surface area contributed by atoms with Crippen molar-refractivity contribution >= 4 is 23.5 Å². The van der Waals surface area contributed by atoms with Crippen molar-refractivity contribution in [2.75, 3.05) is 24.7 Å². The zero-order chi connectivity index (χ0) is 22.2. The lowest BCUT2D eigenvalue weighted by molar-refractivity contribution is -0.137. The number of carbonyl (C=O) groups excluding carboxylic acids is 3. The predicted molar refractivity (Wildman–Crippen MR) is 117 cm³/mol. The highest BCUT2D eigenvalue weighted by Gasteiger charge is 2.34. The third-order valence-electron chi connectivity index (χ3n) is 4.80. The third-order valence-corrected chi connectivity index (χ3v) is 4.80. The van der Waals surface area contributed by atoms with Crippen molar-refractivity contribution in [1.82, 2.24) is 5.32 Å². The van der Waals surface area contributed by atoms with Gasteiger partial charge in [0.2, 0.25) is 5.91 Å². The van der Waals surface area contributed by atoms with Gasteiger partial charge in [-0.25, -0.2) is 4.79 Å². The number of carbonyl (C=O) groups is 3. The van der Waals surface area contributed by atoms with Crippen LogP contribution < -0.4 is 10.2 Å². The number of amides is 2. The Morgan fingerprint density at radius 1 is 1.00 bits per heavy atom. The van der Waals surface area contributed by atoms with Crippen molar-refractivity contribution in [2.45, 2.75) is 26.3 Å². The molecule has 0 spiro atoms. The second-order valence-corrected chi connectivity index (χ2v) is 6.95. The number of anilines is 1. The molecule has 2 aromatic rings. The van der Waals surface area contributed by atoms with E-state index in [4.69, 9.17) is 9.47 Å². The molecule has 0 aromatic heterocycles. The number of para-hydroxylation sites is 1. The standard InChI is InChI=1S/C24H26N2O5/c1-3-30-18(15-22(27)31-4-2)16-26-21-13-9-8-12-19(21)23(28)25-20(24(26)29)14-17-10-6-5-7-11-17/h5-13,15,20H,3-4,14,16H2,1-2H3,(H,25,28)/b18-15-. The van der Waals surface area contributed by atoms with E-state index in [0.717, 1.165) is 5.56 Å². The minimum absolute atomic E-state index is 0.00273. The van der Waals surface area contributed by atoms with E-state index in [1.54, 1.807) is 38.1 Å². The molecule has 1 N–H and O–H groups in total. The highest BCUT2D eigenvalue weighted by atomic mass is 16.5. The monoisotopic (exact) mass is 422 g/mol. The van der Waals surface area contributed by atoms with Gasteiger partial charge in [0.15, 0.2) is 0 Å². The van der Waals surface area contributed by atoms with Gasteiger partial charge in [0, 0.05) is 6.42 Å². The Kier molecular flexibility index (Phi) is 7.43. The van der Waals surface area contributed by atoms with Crippen LogP contribution in [0.3, 0.4) is 0 Å². The average Bonchev–Trinajstić information content (AvgIpc) is 2.86. The van der Waals surface area contributed by atoms with Crippen molar-refractivity contribution in [2.24, 2.45) is 0 Å². The van der Waals surface area contributed by atoms with Gasteiger partial charge in [-0.1, -0.05) is 42.5 Å². The van der Waals surface area contributed by atoms with Crippen LogP contribution in [0.2, 0.25) is 0 Å². The normalized spacial score (nSPS) is 16.3. The molecule has 1 atom stereocenters. The molecule has 1 unspecified atom stereocenters. The van der Waals surface area contributed by atoms with Gasteiger partial charge in [-0.15, -0.1) is 0 Å². The first-order valence-corrected chi connectivity index (χ1v) is 10.3. The maximum Gasteiger partial charge on any atom is 0.334 e. The molecule has 0 aliphatic carbocycles. The Bertz CT molecular complexity index is 971. The van der Waals surface area contributed by atoms with Crippen molar-refractivity contribution in [3.63, 3.8) is 0 Å². The Hall–Kier alpha value is -3.61. The Labute approximate surface area is 181 Å². The summed E-state index contributed by atoms with van der Waals surface area (Å²) in [4.78, 5) is 39.8. The summed E-state index contributed by atoms with van der Waals surface area (Å²) in [7, 11) is 0. The number of hydrogen-bond donors (Lipinski definition) is 1. The Morgan fingerprint density at radius 3 is 2.39 bits per heavy atom. The fourth-order valence-corrected chi connectivity index (χ4v) is 3.45. The average molecular weight is 422 g/mol. The van der Waals surface area contributed by atoms with Gasteiger partial charge < -0.3 is 19.7 Å². The molecule has 0 saturated carbocycles. The molecule has 7 nitrogen and oxygen atoms in total. The molecule has 3 rings (SSSR count). The first kappa shape index (κ1) is 22.1. The first-order chi connectivity index (χ1) is 15.0. The molecule has 162 valence electrons. The maximum atomic E-state index is 13.5. The summed E-state index contributed by atoms with van der Waals surface area (Å²) < 4.78 is 10.6. The van der Waals surface area contributed by atoms with Gasteiger partial charge in [0.25, 0.3) is 5.91 Å². The number of hydrogen-bond acceptors (Lipinski definition) is 5. The Morgan fingerprint density at radius 2 is 1.68 bits per heavy atom. The topological polar surface area (TPSA) is 84.9 Å². The summed E-state index contributed by atoms with van der Waals surface area (Å²) in [5, 5.41) is 2.85. The molecule has 31 heavy (non-hydrogen) atoms. The van der Waals surface area contributed by atoms with Gasteiger partial charge in [-0.2, -0.15) is 0 Å². The minimum atomic E-state index is -0.757. The van der Waals surface area contributed by atoms with E-state index < -0.39 is 12.0 Å². The summed E-state index contributed by atoms with van der Waals surface area (Å²) >= 11 is 0. The summed E-state index contributed by atoms with van der Waals surface area (Å²) in [6, 6.07) is 15.6. The molecule has 1 heterocycles. The second kappa shape index (κ2) is 10.4. The van der Waals surface area contributed by atoms with E-state index in [1.807, 2.05) is 30.3 Å². The van der Waals surface area contributed by atoms with Gasteiger partial charge in [-0.05, 0) is 31.5 Å². The lowest BCUT2D eigenvalue weighted by atomic mass is 10.0. The lowest BCUT2D eigenvalue weighted by Crippen LogP contribution is -2.47. The minimum Gasteiger partial charge on any atom is -0.496 e. The van der Waals surface area contributed by atoms with Crippen LogP contribution in [-0.2, 0) is 25.5 Å². The van der Waals surface area contributed by atoms with Gasteiger partial charge >= 0.3 is 5.97 Å². The largest absolute Gasteiger partial charge is 0.496 e. The highest BCUT2D eigenvalue weighted by molar-refractivity contribution is 6.11. The second-order valence-electron chi connectivity index (χ2n) is 6.95. The number of ether oxygens (including phenoxy) is 2. The van der Waals surface area contributed by atoms with Crippen LogP contribution in [0.15, 0.2) is 66.4 Å². The third kappa shape index (κ3) is 5.51. The number of benzene rings is 2. The summed E-state index contributed by atoms with van der Waals surface area (Å²) in [6.07, 6.45) is 1.59. The van der Waals surface area contributed by atoms with Crippen molar-refractivity contribution in [3.05, 3.63) is 77.6 Å². The zero-order valence-electron chi connectivity index (χ0n) is 17.7. The van der Waals surface area contributed by atoms with Crippen LogP contribution in [0, 0.1) is 0 Å². The lowest BCUT2D eigenvalue weighted by Gasteiger charge is -2.26. The van der Waals surface area contributed by atoms with E-state index in [1.165, 1.54) is 11.0 Å². The SMILES string of the molecule is CCOC(=O)/C=C(/CN1C(=O)C(Cc2ccccc2)NC(=O)c2ccccc21)OCC. The highest BCUT2D eigenvalue weighted by Crippen LogP contribution is 2.26. The molecular weight excluding hydrogens is 396 g/mol. The van der Waals surface area contributed by atoms with Crippen LogP contribution in [0.4, 0.5) is 5.69 Å². The molecule has 2 amide bonds. The van der Waals surface area contributed by atoms with Gasteiger partial charge in [-0.3, -0.25) is 9.59 Å².